The number of hydrogen-bond acceptors (Lipinski definition) is 8. The predicted octanol–water partition coefficient (Wildman–Crippen LogP) is -1.27. The van der Waals surface area contributed by atoms with Crippen LogP contribution in [0.3, 0.4) is 0 Å². The van der Waals surface area contributed by atoms with Gasteiger partial charge in [-0.2, -0.15) is 5.10 Å². The highest BCUT2D eigenvalue weighted by Gasteiger charge is 2.48. The van der Waals surface area contributed by atoms with Crippen molar-refractivity contribution in [3.63, 3.8) is 0 Å². The molecule has 0 bridgehead atoms. The summed E-state index contributed by atoms with van der Waals surface area (Å²) >= 11 is 1.30. The van der Waals surface area contributed by atoms with Gasteiger partial charge in [-0.3, -0.25) is 10.1 Å². The molecule has 2 aliphatic rings. The van der Waals surface area contributed by atoms with E-state index in [4.69, 9.17) is 9.84 Å². The number of thioether (sulfide) groups is 1. The van der Waals surface area contributed by atoms with Crippen LogP contribution in [0.25, 0.3) is 0 Å². The van der Waals surface area contributed by atoms with Crippen molar-refractivity contribution in [2.24, 2.45) is 4.99 Å². The van der Waals surface area contributed by atoms with Crippen molar-refractivity contribution < 1.29 is 20.1 Å². The molecule has 0 radical (unpaired) electrons. The average molecular weight is 286 g/mol. The third kappa shape index (κ3) is 2.35. The first-order valence-corrected chi connectivity index (χ1v) is 6.70. The third-order valence-corrected chi connectivity index (χ3v) is 4.14. The lowest BCUT2D eigenvalue weighted by atomic mass is 9.99. The van der Waals surface area contributed by atoms with Gasteiger partial charge in [0.1, 0.15) is 35.6 Å². The van der Waals surface area contributed by atoms with Crippen LogP contribution in [-0.2, 0) is 4.74 Å². The molecule has 0 saturated carbocycles. The van der Waals surface area contributed by atoms with E-state index in [9.17, 15) is 10.2 Å². The van der Waals surface area contributed by atoms with Crippen LogP contribution < -0.4 is 5.32 Å². The molecule has 5 atom stereocenters. The Bertz CT molecular complexity index is 468. The Kier molecular flexibility index (Phi) is 3.46. The van der Waals surface area contributed by atoms with Crippen molar-refractivity contribution in [3.05, 3.63) is 12.3 Å². The summed E-state index contributed by atoms with van der Waals surface area (Å²) < 4.78 is 5.51. The Hall–Kier alpha value is -1.13. The number of aliphatic hydroxyl groups is 3. The molecular formula is C10H14N4O4S. The minimum atomic E-state index is -1.14. The third-order valence-electron chi connectivity index (χ3n) is 3.08. The number of hydrogen-bond donors (Lipinski definition) is 5. The number of anilines is 1. The zero-order chi connectivity index (χ0) is 13.4. The highest BCUT2D eigenvalue weighted by molar-refractivity contribution is 8.14. The molecule has 3 rings (SSSR count). The summed E-state index contributed by atoms with van der Waals surface area (Å²) in [6.07, 6.45) is -1.37. The van der Waals surface area contributed by atoms with Gasteiger partial charge in [0.15, 0.2) is 5.17 Å². The number of H-pyrrole nitrogens is 1. The molecule has 9 heteroatoms. The van der Waals surface area contributed by atoms with Crippen LogP contribution in [-0.4, -0.2) is 67.1 Å². The van der Waals surface area contributed by atoms with Gasteiger partial charge in [0, 0.05) is 6.07 Å². The molecule has 1 saturated heterocycles. The quantitative estimate of drug-likeness (QED) is 0.459. The summed E-state index contributed by atoms with van der Waals surface area (Å²) in [6.45, 7) is -0.342. The van der Waals surface area contributed by atoms with Gasteiger partial charge in [-0.05, 0) is 0 Å². The molecule has 19 heavy (non-hydrogen) atoms. The molecular weight excluding hydrogens is 272 g/mol. The normalized spacial score (nSPS) is 37.8. The Morgan fingerprint density at radius 3 is 2.95 bits per heavy atom. The highest BCUT2D eigenvalue weighted by Crippen LogP contribution is 2.36. The zero-order valence-electron chi connectivity index (χ0n) is 9.80. The first-order chi connectivity index (χ1) is 9.19. The molecule has 0 unspecified atom stereocenters. The van der Waals surface area contributed by atoms with Crippen molar-refractivity contribution in [3.8, 4) is 0 Å². The Morgan fingerprint density at radius 2 is 2.26 bits per heavy atom. The number of nitrogens with one attached hydrogen (secondary N) is 2. The SMILES string of the molecule is OC[C@H]1O[C@@H]2SC(Nc3ccn[nH]3)=N[C@@H]2[C@@H](O)[C@@H]1O. The fourth-order valence-electron chi connectivity index (χ4n) is 2.08. The first-order valence-electron chi connectivity index (χ1n) is 5.82. The van der Waals surface area contributed by atoms with Gasteiger partial charge < -0.3 is 25.4 Å². The molecule has 2 aliphatic heterocycles. The van der Waals surface area contributed by atoms with E-state index in [1.54, 1.807) is 12.3 Å². The van der Waals surface area contributed by atoms with Crippen molar-refractivity contribution in [1.29, 1.82) is 0 Å². The smallest absolute Gasteiger partial charge is 0.165 e. The summed E-state index contributed by atoms with van der Waals surface area (Å²) in [7, 11) is 0. The van der Waals surface area contributed by atoms with Gasteiger partial charge in [0.2, 0.25) is 0 Å². The van der Waals surface area contributed by atoms with E-state index >= 15 is 0 Å². The number of nitrogens with zero attached hydrogens (tertiary/aromatic N) is 2. The van der Waals surface area contributed by atoms with Gasteiger partial charge in [0.25, 0.3) is 0 Å². The predicted molar refractivity (Wildman–Crippen MR) is 68.8 cm³/mol. The lowest BCUT2D eigenvalue weighted by Crippen LogP contribution is -2.55. The van der Waals surface area contributed by atoms with Crippen molar-refractivity contribution in [2.45, 2.75) is 29.8 Å². The number of fused-ring (bicyclic) bond motifs is 1. The topological polar surface area (TPSA) is 123 Å². The van der Waals surface area contributed by atoms with Crippen molar-refractivity contribution >= 4 is 22.7 Å². The van der Waals surface area contributed by atoms with Gasteiger partial charge in [0.05, 0.1) is 12.8 Å². The van der Waals surface area contributed by atoms with E-state index in [2.05, 4.69) is 20.5 Å². The summed E-state index contributed by atoms with van der Waals surface area (Å²) in [4.78, 5) is 4.29. The molecule has 5 N–H and O–H groups in total. The fourth-order valence-corrected chi connectivity index (χ4v) is 3.21. The minimum absolute atomic E-state index is 0.342. The average Bonchev–Trinajstić information content (AvgIpc) is 3.03. The summed E-state index contributed by atoms with van der Waals surface area (Å²) in [5, 5.41) is 39.0. The number of aromatic amines is 1. The van der Waals surface area contributed by atoms with Gasteiger partial charge in [-0.1, -0.05) is 11.8 Å². The Labute approximate surface area is 112 Å². The number of aromatic nitrogens is 2. The second-order valence-corrected chi connectivity index (χ2v) is 5.43. The monoisotopic (exact) mass is 286 g/mol. The number of amidine groups is 1. The van der Waals surface area contributed by atoms with Gasteiger partial charge in [-0.25, -0.2) is 0 Å². The summed E-state index contributed by atoms with van der Waals surface area (Å²) in [6, 6.07) is 1.20. The molecule has 104 valence electrons. The van der Waals surface area contributed by atoms with E-state index < -0.39 is 29.8 Å². The van der Waals surface area contributed by atoms with Crippen molar-refractivity contribution in [1.82, 2.24) is 10.2 Å². The molecule has 3 heterocycles. The Balaban J connectivity index is 1.72. The van der Waals surface area contributed by atoms with E-state index in [1.165, 1.54) is 11.8 Å². The molecule has 0 aromatic carbocycles. The molecule has 0 spiro atoms. The molecule has 0 aliphatic carbocycles. The van der Waals surface area contributed by atoms with Crippen LogP contribution in [0, 0.1) is 0 Å². The van der Waals surface area contributed by atoms with Crippen LogP contribution in [0.1, 0.15) is 0 Å². The number of ether oxygens (including phenoxy) is 1. The lowest BCUT2D eigenvalue weighted by Gasteiger charge is -2.37. The van der Waals surface area contributed by atoms with Crippen LogP contribution in [0.4, 0.5) is 5.82 Å². The highest BCUT2D eigenvalue weighted by atomic mass is 32.2. The van der Waals surface area contributed by atoms with Crippen LogP contribution in [0.2, 0.25) is 0 Å². The van der Waals surface area contributed by atoms with Crippen molar-refractivity contribution in [2.75, 3.05) is 11.9 Å². The fraction of sp³-hybridized carbons (Fsp3) is 0.600. The standard InChI is InChI=1S/C10H14N4O4S/c15-3-4-7(16)8(17)6-9(18-4)19-10(13-6)12-5-1-2-11-14-5/h1-2,4,6-9,15-17H,3H2,(H2,11,12,13,14)/t4-,6-,7-,8-,9-/m1/s1. The Morgan fingerprint density at radius 1 is 1.42 bits per heavy atom. The largest absolute Gasteiger partial charge is 0.394 e. The summed E-state index contributed by atoms with van der Waals surface area (Å²) in [5.74, 6) is 0.679. The molecule has 1 aromatic rings. The molecule has 1 aromatic heterocycles. The van der Waals surface area contributed by atoms with Gasteiger partial charge >= 0.3 is 0 Å². The minimum Gasteiger partial charge on any atom is -0.394 e. The number of aliphatic imine (C=N–C) groups is 1. The van der Waals surface area contributed by atoms with Crippen LogP contribution in [0.15, 0.2) is 17.3 Å². The number of aliphatic hydroxyl groups excluding tert-OH is 3. The maximum absolute atomic E-state index is 9.98. The second-order valence-electron chi connectivity index (χ2n) is 4.34. The molecule has 0 amide bonds. The van der Waals surface area contributed by atoms with Gasteiger partial charge in [-0.15, -0.1) is 0 Å². The van der Waals surface area contributed by atoms with Crippen LogP contribution >= 0.6 is 11.8 Å². The second kappa shape index (κ2) is 5.10. The first kappa shape index (κ1) is 12.9. The molecule has 8 nitrogen and oxygen atoms in total. The summed E-state index contributed by atoms with van der Waals surface area (Å²) in [5.41, 5.74) is -0.416. The van der Waals surface area contributed by atoms with Crippen LogP contribution in [0.5, 0.6) is 0 Å². The lowest BCUT2D eigenvalue weighted by molar-refractivity contribution is -0.164. The van der Waals surface area contributed by atoms with E-state index in [0.29, 0.717) is 11.0 Å². The maximum atomic E-state index is 9.98. The maximum Gasteiger partial charge on any atom is 0.165 e. The van der Waals surface area contributed by atoms with E-state index in [1.807, 2.05) is 0 Å². The van der Waals surface area contributed by atoms with E-state index in [-0.39, 0.29) is 6.61 Å². The number of rotatable bonds is 2. The molecule has 1 fully saturated rings. The zero-order valence-corrected chi connectivity index (χ0v) is 10.6. The van der Waals surface area contributed by atoms with E-state index in [0.717, 1.165) is 0 Å².